The van der Waals surface area contributed by atoms with E-state index in [1.54, 1.807) is 0 Å². The summed E-state index contributed by atoms with van der Waals surface area (Å²) >= 11 is 11.1. The zero-order valence-corrected chi connectivity index (χ0v) is 14.3. The van der Waals surface area contributed by atoms with Crippen molar-refractivity contribution in [3.05, 3.63) is 0 Å². The van der Waals surface area contributed by atoms with Gasteiger partial charge in [-0.05, 0) is 12.8 Å². The highest BCUT2D eigenvalue weighted by molar-refractivity contribution is 7.53. The van der Waals surface area contributed by atoms with E-state index in [0.29, 0.717) is 44.0 Å². The molecule has 0 spiro atoms. The van der Waals surface area contributed by atoms with Gasteiger partial charge in [0.25, 0.3) is 0 Å². The minimum absolute atomic E-state index is 0.343. The van der Waals surface area contributed by atoms with Gasteiger partial charge in [0.15, 0.2) is 0 Å². The van der Waals surface area contributed by atoms with E-state index in [9.17, 15) is 9.46 Å². The van der Waals surface area contributed by atoms with Crippen LogP contribution in [0.1, 0.15) is 32.1 Å². The van der Waals surface area contributed by atoms with Gasteiger partial charge in [0.1, 0.15) is 0 Å². The van der Waals surface area contributed by atoms with E-state index in [1.807, 2.05) is 0 Å². The Hall–Kier alpha value is 0.650. The SMILES string of the molecule is NC1CCCCC1.O=P(O)(N(CCCl)CCCl)N1CC1. The fourth-order valence-electron chi connectivity index (χ4n) is 2.19. The highest BCUT2D eigenvalue weighted by Gasteiger charge is 2.41. The molecule has 120 valence electrons. The van der Waals surface area contributed by atoms with Crippen LogP contribution in [0.5, 0.6) is 0 Å². The second-order valence-corrected chi connectivity index (χ2v) is 8.11. The van der Waals surface area contributed by atoms with Gasteiger partial charge < -0.3 is 10.6 Å². The van der Waals surface area contributed by atoms with Crippen molar-refractivity contribution in [1.29, 1.82) is 0 Å². The summed E-state index contributed by atoms with van der Waals surface area (Å²) in [7, 11) is -3.30. The zero-order valence-electron chi connectivity index (χ0n) is 11.9. The Kier molecular flexibility index (Phi) is 9.00. The first-order chi connectivity index (χ1) is 9.52. The van der Waals surface area contributed by atoms with E-state index in [2.05, 4.69) is 0 Å². The van der Waals surface area contributed by atoms with Crippen LogP contribution < -0.4 is 5.73 Å². The molecule has 2 fully saturated rings. The monoisotopic (exact) mass is 345 g/mol. The molecule has 5 nitrogen and oxygen atoms in total. The summed E-state index contributed by atoms with van der Waals surface area (Å²) in [6.07, 6.45) is 6.66. The highest BCUT2D eigenvalue weighted by Crippen LogP contribution is 2.52. The lowest BCUT2D eigenvalue weighted by Gasteiger charge is -2.25. The second-order valence-electron chi connectivity index (χ2n) is 5.20. The maximum atomic E-state index is 11.7. The standard InChI is InChI=1S/C6H13Cl2N2O2P.C6H13N/c7-1-3-9(4-2-8)13(11,12)10-5-6-10;7-6-4-2-1-3-5-6/h1-6H2,(H,11,12);6H,1-5,7H2. The molecule has 1 aliphatic carbocycles. The number of nitrogens with two attached hydrogens (primary N) is 1. The molecule has 0 aromatic carbocycles. The van der Waals surface area contributed by atoms with Gasteiger partial charge in [-0.1, -0.05) is 19.3 Å². The number of hydrogen-bond acceptors (Lipinski definition) is 2. The van der Waals surface area contributed by atoms with Gasteiger partial charge in [0.2, 0.25) is 0 Å². The molecule has 1 saturated heterocycles. The molecule has 0 amide bonds. The van der Waals surface area contributed by atoms with Crippen molar-refractivity contribution < 1.29 is 9.46 Å². The number of halogens is 2. The van der Waals surface area contributed by atoms with Crippen molar-refractivity contribution in [3.8, 4) is 0 Å². The van der Waals surface area contributed by atoms with Gasteiger partial charge in [-0.2, -0.15) is 0 Å². The molecule has 8 heteroatoms. The topological polar surface area (TPSA) is 69.6 Å². The van der Waals surface area contributed by atoms with Crippen LogP contribution in [0.2, 0.25) is 0 Å². The van der Waals surface area contributed by atoms with Crippen LogP contribution in [-0.2, 0) is 4.57 Å². The quantitative estimate of drug-likeness (QED) is 0.439. The maximum Gasteiger partial charge on any atom is 0.343 e. The summed E-state index contributed by atoms with van der Waals surface area (Å²) in [5.74, 6) is 0.685. The third kappa shape index (κ3) is 6.61. The van der Waals surface area contributed by atoms with E-state index in [-0.39, 0.29) is 0 Å². The predicted molar refractivity (Wildman–Crippen MR) is 85.5 cm³/mol. The molecule has 2 aliphatic rings. The first-order valence-electron chi connectivity index (χ1n) is 7.23. The van der Waals surface area contributed by atoms with Gasteiger partial charge in [0.05, 0.1) is 0 Å². The van der Waals surface area contributed by atoms with Crippen molar-refractivity contribution in [3.63, 3.8) is 0 Å². The second kappa shape index (κ2) is 9.62. The molecule has 1 saturated carbocycles. The van der Waals surface area contributed by atoms with E-state index in [4.69, 9.17) is 28.9 Å². The van der Waals surface area contributed by atoms with E-state index >= 15 is 0 Å². The molecule has 20 heavy (non-hydrogen) atoms. The summed E-state index contributed by atoms with van der Waals surface area (Å²) in [4.78, 5) is 9.67. The van der Waals surface area contributed by atoms with E-state index in [0.717, 1.165) is 0 Å². The average Bonchev–Trinajstić information content (AvgIpc) is 3.25. The van der Waals surface area contributed by atoms with Crippen molar-refractivity contribution in [2.45, 2.75) is 38.1 Å². The number of nitrogens with zero attached hydrogens (tertiary/aromatic N) is 2. The maximum absolute atomic E-state index is 11.7. The summed E-state index contributed by atoms with van der Waals surface area (Å²) in [6.45, 7) is 2.18. The molecule has 0 bridgehead atoms. The van der Waals surface area contributed by atoms with Gasteiger partial charge in [-0.3, -0.25) is 4.57 Å². The zero-order chi connectivity index (χ0) is 15.0. The molecule has 1 atom stereocenters. The minimum atomic E-state index is -3.30. The highest BCUT2D eigenvalue weighted by atomic mass is 35.5. The molecule has 0 aromatic heterocycles. The number of hydrogen-bond donors (Lipinski definition) is 2. The minimum Gasteiger partial charge on any atom is -0.328 e. The normalized spacial score (nSPS) is 23.1. The molecule has 3 N–H and O–H groups in total. The molecule has 2 rings (SSSR count). The predicted octanol–water partition coefficient (Wildman–Crippen LogP) is 2.46. The van der Waals surface area contributed by atoms with Crippen LogP contribution in [-0.4, -0.2) is 58.2 Å². The van der Waals surface area contributed by atoms with Crippen molar-refractivity contribution in [2.24, 2.45) is 5.73 Å². The van der Waals surface area contributed by atoms with E-state index < -0.39 is 7.67 Å². The lowest BCUT2D eigenvalue weighted by molar-refractivity contribution is 0.336. The Morgan fingerprint density at radius 1 is 1.15 bits per heavy atom. The Morgan fingerprint density at radius 2 is 1.65 bits per heavy atom. The summed E-state index contributed by atoms with van der Waals surface area (Å²) in [5.41, 5.74) is 5.63. The van der Waals surface area contributed by atoms with E-state index in [1.165, 1.54) is 41.4 Å². The van der Waals surface area contributed by atoms with Crippen LogP contribution >= 0.6 is 30.9 Å². The van der Waals surface area contributed by atoms with Crippen LogP contribution in [0.3, 0.4) is 0 Å². The molecule has 1 unspecified atom stereocenters. The van der Waals surface area contributed by atoms with Gasteiger partial charge in [-0.15, -0.1) is 23.2 Å². The largest absolute Gasteiger partial charge is 0.343 e. The first kappa shape index (κ1) is 18.7. The molecule has 0 radical (unpaired) electrons. The Morgan fingerprint density at radius 3 is 1.95 bits per heavy atom. The van der Waals surface area contributed by atoms with Crippen LogP contribution in [0, 0.1) is 0 Å². The summed E-state index contributed by atoms with van der Waals surface area (Å²) < 4.78 is 14.7. The Balaban J connectivity index is 0.000000240. The smallest absolute Gasteiger partial charge is 0.328 e. The van der Waals surface area contributed by atoms with Gasteiger partial charge >= 0.3 is 7.67 Å². The fourth-order valence-corrected chi connectivity index (χ4v) is 4.52. The first-order valence-corrected chi connectivity index (χ1v) is 9.87. The molecular weight excluding hydrogens is 320 g/mol. The summed E-state index contributed by atoms with van der Waals surface area (Å²) in [6, 6.07) is 0.536. The molecule has 1 aliphatic heterocycles. The lowest BCUT2D eigenvalue weighted by atomic mass is 9.97. The Labute approximate surface area is 131 Å². The number of rotatable bonds is 6. The molecule has 1 heterocycles. The fraction of sp³-hybridized carbons (Fsp3) is 1.00. The van der Waals surface area contributed by atoms with Crippen LogP contribution in [0.25, 0.3) is 0 Å². The molecule has 0 aromatic rings. The van der Waals surface area contributed by atoms with Gasteiger partial charge in [-0.25, -0.2) is 9.34 Å². The van der Waals surface area contributed by atoms with Gasteiger partial charge in [0, 0.05) is 44.0 Å². The molecular formula is C12H26Cl2N3O2P. The third-order valence-electron chi connectivity index (χ3n) is 3.50. The summed E-state index contributed by atoms with van der Waals surface area (Å²) in [5, 5.41) is 0. The number of alkyl halides is 2. The van der Waals surface area contributed by atoms with Crippen molar-refractivity contribution in [2.75, 3.05) is 37.9 Å². The Bertz CT molecular complexity index is 307. The van der Waals surface area contributed by atoms with Crippen molar-refractivity contribution in [1.82, 2.24) is 9.34 Å². The van der Waals surface area contributed by atoms with Crippen LogP contribution in [0.15, 0.2) is 0 Å². The third-order valence-corrected chi connectivity index (χ3v) is 6.11. The lowest BCUT2D eigenvalue weighted by Crippen LogP contribution is -2.27. The van der Waals surface area contributed by atoms with Crippen molar-refractivity contribution >= 4 is 30.9 Å². The average molecular weight is 346 g/mol. The van der Waals surface area contributed by atoms with Crippen LogP contribution in [0.4, 0.5) is 0 Å².